The van der Waals surface area contributed by atoms with Crippen LogP contribution >= 0.6 is 0 Å². The fourth-order valence-electron chi connectivity index (χ4n) is 15.0. The monoisotopic (exact) mass is 1020 g/mol. The van der Waals surface area contributed by atoms with E-state index in [1.807, 2.05) is 12.3 Å². The number of hydrogen-bond donors (Lipinski definition) is 0. The molecule has 4 heterocycles. The van der Waals surface area contributed by atoms with Crippen LogP contribution in [0.3, 0.4) is 0 Å². The SMILES string of the molecule is CC1(C)c2cc(N(c3ccc4c(c3)C(C)(C)c3c5c(c6c(oc7ccccc76)c3-4)-c3ccccc3C5(C)C)c3ccc4c5ccccc5n(-c5ccccc5)c4c3)ccc2-c2c1cc(-c1ccccn1)c1oc3ccccc3c21. The summed E-state index contributed by atoms with van der Waals surface area (Å²) >= 11 is 0. The lowest BCUT2D eigenvalue weighted by Gasteiger charge is -2.32. The molecule has 4 aromatic heterocycles. The average Bonchev–Trinajstić information content (AvgIpc) is 3.34. The summed E-state index contributed by atoms with van der Waals surface area (Å²) in [4.78, 5) is 7.40. The van der Waals surface area contributed by atoms with Crippen LogP contribution in [-0.4, -0.2) is 9.55 Å². The van der Waals surface area contributed by atoms with E-state index in [2.05, 4.69) is 251 Å². The van der Waals surface area contributed by atoms with Crippen LogP contribution < -0.4 is 4.90 Å². The van der Waals surface area contributed by atoms with Gasteiger partial charge in [0.25, 0.3) is 0 Å². The summed E-state index contributed by atoms with van der Waals surface area (Å²) in [6.45, 7) is 14.5. The lowest BCUT2D eigenvalue weighted by atomic mass is 9.72. The van der Waals surface area contributed by atoms with E-state index in [9.17, 15) is 0 Å². The summed E-state index contributed by atoms with van der Waals surface area (Å²) in [5, 5.41) is 7.08. The number of benzene rings is 10. The van der Waals surface area contributed by atoms with Gasteiger partial charge in [0.05, 0.1) is 16.7 Å². The summed E-state index contributed by atoms with van der Waals surface area (Å²) in [6, 6.07) is 75.7. The number of fused-ring (bicyclic) bond motifs is 22. The first-order valence-electron chi connectivity index (χ1n) is 27.7. The van der Waals surface area contributed by atoms with Crippen LogP contribution in [-0.2, 0) is 16.2 Å². The molecular weight excluding hydrogens is 963 g/mol. The Bertz CT molecular complexity index is 4990. The third kappa shape index (κ3) is 5.76. The molecule has 0 N–H and O–H groups in total. The Labute approximate surface area is 457 Å². The Morgan fingerprint density at radius 2 is 0.924 bits per heavy atom. The van der Waals surface area contributed by atoms with Crippen molar-refractivity contribution in [3.8, 4) is 50.3 Å². The first-order chi connectivity index (χ1) is 38.5. The molecule has 0 spiro atoms. The molecule has 79 heavy (non-hydrogen) atoms. The van der Waals surface area contributed by atoms with Crippen LogP contribution in [0.25, 0.3) is 116 Å². The average molecular weight is 1020 g/mol. The maximum absolute atomic E-state index is 7.13. The van der Waals surface area contributed by atoms with Gasteiger partial charge in [0.2, 0.25) is 0 Å². The maximum atomic E-state index is 7.13. The highest BCUT2D eigenvalue weighted by Gasteiger charge is 2.49. The Morgan fingerprint density at radius 3 is 1.66 bits per heavy atom. The summed E-state index contributed by atoms with van der Waals surface area (Å²) in [5.41, 5.74) is 26.8. The molecule has 14 aromatic rings. The first-order valence-corrected chi connectivity index (χ1v) is 27.7. The van der Waals surface area contributed by atoms with Gasteiger partial charge in [0, 0.05) is 88.6 Å². The number of nitrogens with zero attached hydrogens (tertiary/aromatic N) is 3. The molecular formula is C74H53N3O2. The zero-order valence-electron chi connectivity index (χ0n) is 44.9. The highest BCUT2D eigenvalue weighted by Crippen LogP contribution is 2.64. The maximum Gasteiger partial charge on any atom is 0.145 e. The van der Waals surface area contributed by atoms with Gasteiger partial charge >= 0.3 is 0 Å². The number of anilines is 3. The number of para-hydroxylation sites is 4. The number of pyridine rings is 1. The summed E-state index contributed by atoms with van der Waals surface area (Å²) in [5.74, 6) is 0. The Morgan fingerprint density at radius 1 is 0.380 bits per heavy atom. The van der Waals surface area contributed by atoms with Crippen molar-refractivity contribution in [2.45, 2.75) is 57.8 Å². The van der Waals surface area contributed by atoms with E-state index < -0.39 is 5.41 Å². The van der Waals surface area contributed by atoms with E-state index in [-0.39, 0.29) is 10.8 Å². The predicted molar refractivity (Wildman–Crippen MR) is 326 cm³/mol. The molecule has 17 rings (SSSR count). The molecule has 0 fully saturated rings. The zero-order chi connectivity index (χ0) is 52.8. The second-order valence-electron chi connectivity index (χ2n) is 23.8. The third-order valence-electron chi connectivity index (χ3n) is 18.5. The molecule has 3 aliphatic rings. The third-order valence-corrected chi connectivity index (χ3v) is 18.5. The molecule has 0 saturated heterocycles. The van der Waals surface area contributed by atoms with E-state index in [4.69, 9.17) is 13.8 Å². The van der Waals surface area contributed by atoms with E-state index in [1.165, 1.54) is 88.4 Å². The van der Waals surface area contributed by atoms with Gasteiger partial charge in [-0.3, -0.25) is 4.98 Å². The zero-order valence-corrected chi connectivity index (χ0v) is 44.9. The molecule has 376 valence electrons. The molecule has 0 aliphatic heterocycles. The van der Waals surface area contributed by atoms with E-state index in [1.54, 1.807) is 0 Å². The van der Waals surface area contributed by atoms with Gasteiger partial charge in [-0.25, -0.2) is 0 Å². The van der Waals surface area contributed by atoms with Gasteiger partial charge in [-0.2, -0.15) is 0 Å². The molecule has 5 heteroatoms. The first kappa shape index (κ1) is 44.7. The molecule has 3 aliphatic carbocycles. The Kier molecular flexibility index (Phi) is 8.70. The van der Waals surface area contributed by atoms with Crippen molar-refractivity contribution in [2.24, 2.45) is 0 Å². The second kappa shape index (κ2) is 15.4. The summed E-state index contributed by atoms with van der Waals surface area (Å²) in [6.07, 6.45) is 1.87. The van der Waals surface area contributed by atoms with Crippen LogP contribution in [0.1, 0.15) is 74.9 Å². The molecule has 0 saturated carbocycles. The fraction of sp³-hybridized carbons (Fsp3) is 0.122. The lowest BCUT2D eigenvalue weighted by Crippen LogP contribution is -2.24. The van der Waals surface area contributed by atoms with Crippen LogP contribution in [0, 0.1) is 0 Å². The van der Waals surface area contributed by atoms with Gasteiger partial charge in [-0.05, 0) is 146 Å². The minimum atomic E-state index is -0.391. The summed E-state index contributed by atoms with van der Waals surface area (Å²) < 4.78 is 16.4. The summed E-state index contributed by atoms with van der Waals surface area (Å²) in [7, 11) is 0. The van der Waals surface area contributed by atoms with Crippen LogP contribution in [0.5, 0.6) is 0 Å². The van der Waals surface area contributed by atoms with Crippen molar-refractivity contribution in [2.75, 3.05) is 4.90 Å². The van der Waals surface area contributed by atoms with Crippen molar-refractivity contribution >= 4 is 82.7 Å². The smallest absolute Gasteiger partial charge is 0.145 e. The van der Waals surface area contributed by atoms with Crippen molar-refractivity contribution in [1.29, 1.82) is 0 Å². The molecule has 0 radical (unpaired) electrons. The molecule has 0 unspecified atom stereocenters. The minimum Gasteiger partial charge on any atom is -0.455 e. The quantitative estimate of drug-likeness (QED) is 0.172. The van der Waals surface area contributed by atoms with E-state index >= 15 is 0 Å². The Hall–Kier alpha value is -9.45. The molecule has 0 atom stereocenters. The number of furan rings is 2. The fourth-order valence-corrected chi connectivity index (χ4v) is 15.0. The molecule has 0 amide bonds. The van der Waals surface area contributed by atoms with Crippen molar-refractivity contribution < 1.29 is 8.83 Å². The number of rotatable bonds is 5. The molecule has 10 aromatic carbocycles. The highest BCUT2D eigenvalue weighted by molar-refractivity contribution is 6.22. The number of aromatic nitrogens is 2. The van der Waals surface area contributed by atoms with Gasteiger partial charge in [0.15, 0.2) is 0 Å². The van der Waals surface area contributed by atoms with Crippen LogP contribution in [0.2, 0.25) is 0 Å². The van der Waals surface area contributed by atoms with Crippen molar-refractivity contribution in [3.63, 3.8) is 0 Å². The van der Waals surface area contributed by atoms with Crippen LogP contribution in [0.15, 0.2) is 221 Å². The second-order valence-corrected chi connectivity index (χ2v) is 23.8. The molecule has 0 bridgehead atoms. The standard InChI is InChI=1S/C74H53N3O2/c1-72(2)55-38-43(32-35-49(55)63-57(72)41-53(58-27-18-19-37-75-58)70-65(63)51-24-12-16-29-61(51)78-70)76(45-31-34-47-46-22-11-15-28-59(46)77(60(47)40-45)42-20-8-7-9-21-42)44-33-36-50-56(39-44)74(5,6)69-67(50)71-66(52-25-13-17-30-62(52)79-71)64-48-23-10-14-26-54(48)73(3,4)68(64)69/h7-41H,1-6H3. The predicted octanol–water partition coefficient (Wildman–Crippen LogP) is 20.0. The van der Waals surface area contributed by atoms with Gasteiger partial charge in [0.1, 0.15) is 22.3 Å². The van der Waals surface area contributed by atoms with E-state index in [0.29, 0.717) is 0 Å². The van der Waals surface area contributed by atoms with E-state index in [0.717, 1.165) is 78.0 Å². The van der Waals surface area contributed by atoms with Crippen molar-refractivity contribution in [1.82, 2.24) is 9.55 Å². The largest absolute Gasteiger partial charge is 0.455 e. The number of hydrogen-bond acceptors (Lipinski definition) is 4. The van der Waals surface area contributed by atoms with Gasteiger partial charge in [-0.1, -0.05) is 163 Å². The lowest BCUT2D eigenvalue weighted by molar-refractivity contribution is 0.600. The van der Waals surface area contributed by atoms with Crippen molar-refractivity contribution in [3.05, 3.63) is 246 Å². The highest BCUT2D eigenvalue weighted by atomic mass is 16.3. The van der Waals surface area contributed by atoms with Gasteiger partial charge in [-0.15, -0.1) is 0 Å². The molecule has 5 nitrogen and oxygen atoms in total. The topological polar surface area (TPSA) is 47.3 Å². The van der Waals surface area contributed by atoms with Crippen LogP contribution in [0.4, 0.5) is 17.1 Å². The Balaban J connectivity index is 0.920. The normalized spacial score (nSPS) is 15.0. The van der Waals surface area contributed by atoms with Gasteiger partial charge < -0.3 is 18.3 Å². The minimum absolute atomic E-state index is 0.245.